The Bertz CT molecular complexity index is 751. The Morgan fingerprint density at radius 2 is 1.70 bits per heavy atom. The molecule has 0 spiro atoms. The maximum absolute atomic E-state index is 13.2. The van der Waals surface area contributed by atoms with Crippen LogP contribution in [0.5, 0.6) is 5.75 Å². The standard InChI is InChI=1S/C21H21FO5/c22-19-5-3-18(4-6-19)21(26-11-12-27-21)10-9-17(14-23)13-16-1-7-20(8-2-16)25-15-24/h1-8,14-15,17H,9-13H2. The van der Waals surface area contributed by atoms with Crippen LogP contribution in [0.4, 0.5) is 4.39 Å². The van der Waals surface area contributed by atoms with E-state index in [-0.39, 0.29) is 11.7 Å². The number of aldehydes is 1. The Balaban J connectivity index is 1.65. The Kier molecular flexibility index (Phi) is 6.32. The van der Waals surface area contributed by atoms with E-state index in [1.807, 2.05) is 12.1 Å². The molecule has 3 rings (SSSR count). The van der Waals surface area contributed by atoms with Gasteiger partial charge in [-0.3, -0.25) is 4.79 Å². The van der Waals surface area contributed by atoms with Crippen molar-refractivity contribution >= 4 is 12.8 Å². The zero-order valence-electron chi connectivity index (χ0n) is 14.8. The number of ether oxygens (including phenoxy) is 3. The predicted octanol–water partition coefficient (Wildman–Crippen LogP) is 3.40. The van der Waals surface area contributed by atoms with Gasteiger partial charge >= 0.3 is 0 Å². The summed E-state index contributed by atoms with van der Waals surface area (Å²) >= 11 is 0. The minimum atomic E-state index is -0.934. The smallest absolute Gasteiger partial charge is 0.298 e. The lowest BCUT2D eigenvalue weighted by Crippen LogP contribution is -2.28. The number of halogens is 1. The second kappa shape index (κ2) is 8.88. The summed E-state index contributed by atoms with van der Waals surface area (Å²) in [5, 5.41) is 0. The molecule has 6 heteroatoms. The molecule has 5 nitrogen and oxygen atoms in total. The molecule has 0 bridgehead atoms. The van der Waals surface area contributed by atoms with Gasteiger partial charge in [0.05, 0.1) is 13.2 Å². The number of rotatable bonds is 9. The van der Waals surface area contributed by atoms with Gasteiger partial charge in [0.15, 0.2) is 5.79 Å². The Hall–Kier alpha value is -2.57. The predicted molar refractivity (Wildman–Crippen MR) is 95.6 cm³/mol. The highest BCUT2D eigenvalue weighted by Crippen LogP contribution is 2.37. The van der Waals surface area contributed by atoms with Crippen molar-refractivity contribution in [1.82, 2.24) is 0 Å². The minimum absolute atomic E-state index is 0.215. The Labute approximate surface area is 157 Å². The van der Waals surface area contributed by atoms with Gasteiger partial charge in [-0.2, -0.15) is 0 Å². The van der Waals surface area contributed by atoms with Crippen LogP contribution in [0.2, 0.25) is 0 Å². The zero-order chi connectivity index (χ0) is 19.1. The first-order chi connectivity index (χ1) is 13.1. The molecule has 1 unspecified atom stereocenters. The van der Waals surface area contributed by atoms with E-state index >= 15 is 0 Å². The molecule has 1 aliphatic rings. The van der Waals surface area contributed by atoms with Gasteiger partial charge in [-0.05, 0) is 42.7 Å². The summed E-state index contributed by atoms with van der Waals surface area (Å²) in [5.41, 5.74) is 1.72. The van der Waals surface area contributed by atoms with E-state index in [4.69, 9.17) is 14.2 Å². The van der Waals surface area contributed by atoms with Gasteiger partial charge in [-0.1, -0.05) is 24.3 Å². The van der Waals surface area contributed by atoms with Crippen LogP contribution in [0.15, 0.2) is 48.5 Å². The first-order valence-electron chi connectivity index (χ1n) is 8.84. The molecule has 2 aromatic rings. The summed E-state index contributed by atoms with van der Waals surface area (Å²) in [4.78, 5) is 21.9. The van der Waals surface area contributed by atoms with Crippen molar-refractivity contribution in [3.05, 3.63) is 65.5 Å². The highest BCUT2D eigenvalue weighted by atomic mass is 19.1. The third-order valence-electron chi connectivity index (χ3n) is 4.68. The van der Waals surface area contributed by atoms with Crippen molar-refractivity contribution < 1.29 is 28.2 Å². The van der Waals surface area contributed by atoms with E-state index < -0.39 is 5.79 Å². The SMILES string of the molecule is O=COc1ccc(CC(C=O)CCC2(c3ccc(F)cc3)OCCO2)cc1. The van der Waals surface area contributed by atoms with Crippen LogP contribution < -0.4 is 4.74 Å². The number of hydrogen-bond donors (Lipinski definition) is 0. The van der Waals surface area contributed by atoms with Crippen LogP contribution in [-0.2, 0) is 31.3 Å². The second-order valence-corrected chi connectivity index (χ2v) is 6.45. The van der Waals surface area contributed by atoms with E-state index in [1.54, 1.807) is 24.3 Å². The normalized spacial score (nSPS) is 16.6. The third kappa shape index (κ3) is 4.78. The van der Waals surface area contributed by atoms with Crippen LogP contribution in [0, 0.1) is 11.7 Å². The van der Waals surface area contributed by atoms with Gasteiger partial charge in [0.25, 0.3) is 6.47 Å². The molecule has 142 valence electrons. The fourth-order valence-corrected chi connectivity index (χ4v) is 3.27. The van der Waals surface area contributed by atoms with Gasteiger partial charge in [0.2, 0.25) is 0 Å². The molecule has 27 heavy (non-hydrogen) atoms. The molecule has 1 heterocycles. The second-order valence-electron chi connectivity index (χ2n) is 6.45. The molecule has 0 saturated carbocycles. The molecule has 0 radical (unpaired) electrons. The van der Waals surface area contributed by atoms with Crippen molar-refractivity contribution in [2.24, 2.45) is 5.92 Å². The molecule has 1 atom stereocenters. The van der Waals surface area contributed by atoms with E-state index in [1.165, 1.54) is 12.1 Å². The fraction of sp³-hybridized carbons (Fsp3) is 0.333. The summed E-state index contributed by atoms with van der Waals surface area (Å²) < 4.78 is 29.7. The molecule has 0 aromatic heterocycles. The lowest BCUT2D eigenvalue weighted by atomic mass is 9.91. The molecular formula is C21H21FO5. The van der Waals surface area contributed by atoms with Crippen LogP contribution in [0.25, 0.3) is 0 Å². The summed E-state index contributed by atoms with van der Waals surface area (Å²) in [7, 11) is 0. The third-order valence-corrected chi connectivity index (χ3v) is 4.68. The van der Waals surface area contributed by atoms with Crippen LogP contribution in [-0.4, -0.2) is 26.0 Å². The molecule has 1 fully saturated rings. The quantitative estimate of drug-likeness (QED) is 0.632. The largest absolute Gasteiger partial charge is 0.429 e. The van der Waals surface area contributed by atoms with Crippen LogP contribution in [0.1, 0.15) is 24.0 Å². The van der Waals surface area contributed by atoms with E-state index in [2.05, 4.69) is 0 Å². The van der Waals surface area contributed by atoms with E-state index in [0.717, 1.165) is 17.4 Å². The monoisotopic (exact) mass is 372 g/mol. The number of carbonyl (C=O) groups is 2. The van der Waals surface area contributed by atoms with Crippen molar-refractivity contribution in [1.29, 1.82) is 0 Å². The van der Waals surface area contributed by atoms with Gasteiger partial charge in [0.1, 0.15) is 17.9 Å². The summed E-state index contributed by atoms with van der Waals surface area (Å²) in [6.45, 7) is 1.29. The highest BCUT2D eigenvalue weighted by Gasteiger charge is 2.38. The lowest BCUT2D eigenvalue weighted by molar-refractivity contribution is -0.173. The number of carbonyl (C=O) groups excluding carboxylic acids is 2. The Morgan fingerprint density at radius 1 is 1.04 bits per heavy atom. The highest BCUT2D eigenvalue weighted by molar-refractivity contribution is 5.54. The number of hydrogen-bond acceptors (Lipinski definition) is 5. The average molecular weight is 372 g/mol. The number of benzene rings is 2. The molecule has 0 amide bonds. The van der Waals surface area contributed by atoms with Gasteiger partial charge in [0, 0.05) is 17.9 Å². The minimum Gasteiger partial charge on any atom is -0.429 e. The first kappa shape index (κ1) is 19.2. The summed E-state index contributed by atoms with van der Waals surface area (Å²) in [5.74, 6) is -1.01. The van der Waals surface area contributed by atoms with Crippen molar-refractivity contribution in [3.8, 4) is 5.75 Å². The average Bonchev–Trinajstić information content (AvgIpc) is 3.17. The van der Waals surface area contributed by atoms with Crippen molar-refractivity contribution in [3.63, 3.8) is 0 Å². The molecule has 0 N–H and O–H groups in total. The van der Waals surface area contributed by atoms with Crippen LogP contribution >= 0.6 is 0 Å². The van der Waals surface area contributed by atoms with Gasteiger partial charge in [-0.25, -0.2) is 4.39 Å². The maximum Gasteiger partial charge on any atom is 0.298 e. The molecule has 1 saturated heterocycles. The molecule has 0 aliphatic carbocycles. The lowest BCUT2D eigenvalue weighted by Gasteiger charge is -2.29. The zero-order valence-corrected chi connectivity index (χ0v) is 14.8. The molecule has 1 aliphatic heterocycles. The summed E-state index contributed by atoms with van der Waals surface area (Å²) in [6.07, 6.45) is 2.55. The van der Waals surface area contributed by atoms with Gasteiger partial charge < -0.3 is 19.0 Å². The van der Waals surface area contributed by atoms with E-state index in [9.17, 15) is 14.0 Å². The van der Waals surface area contributed by atoms with Gasteiger partial charge in [-0.15, -0.1) is 0 Å². The first-order valence-corrected chi connectivity index (χ1v) is 8.84. The van der Waals surface area contributed by atoms with Crippen molar-refractivity contribution in [2.45, 2.75) is 25.0 Å². The molecular weight excluding hydrogens is 351 g/mol. The summed E-state index contributed by atoms with van der Waals surface area (Å²) in [6, 6.07) is 13.1. The molecule has 2 aromatic carbocycles. The van der Waals surface area contributed by atoms with Crippen LogP contribution in [0.3, 0.4) is 0 Å². The Morgan fingerprint density at radius 3 is 2.30 bits per heavy atom. The fourth-order valence-electron chi connectivity index (χ4n) is 3.27. The van der Waals surface area contributed by atoms with E-state index in [0.29, 0.717) is 44.7 Å². The van der Waals surface area contributed by atoms with Crippen molar-refractivity contribution in [2.75, 3.05) is 13.2 Å². The maximum atomic E-state index is 13.2. The topological polar surface area (TPSA) is 61.8 Å².